The van der Waals surface area contributed by atoms with E-state index in [4.69, 9.17) is 13.9 Å². The molecule has 0 radical (unpaired) electrons. The smallest absolute Gasteiger partial charge is 0.409 e. The van der Waals surface area contributed by atoms with E-state index < -0.39 is 13.7 Å². The van der Waals surface area contributed by atoms with Gasteiger partial charge in [0.05, 0.1) is 18.6 Å². The first-order chi connectivity index (χ1) is 17.7. The number of carbonyl (C=O) groups excluding carboxylic acids is 2. The summed E-state index contributed by atoms with van der Waals surface area (Å²) < 4.78 is 18.6. The highest BCUT2D eigenvalue weighted by Crippen LogP contribution is 2.38. The van der Waals surface area contributed by atoms with E-state index in [0.29, 0.717) is 19.4 Å². The van der Waals surface area contributed by atoms with E-state index in [0.717, 1.165) is 21.1 Å². The monoisotopic (exact) mass is 653 g/mol. The van der Waals surface area contributed by atoms with Gasteiger partial charge in [-0.2, -0.15) is 0 Å². The number of hydrogen-bond acceptors (Lipinski definition) is 5. The predicted molar refractivity (Wildman–Crippen MR) is 164 cm³/mol. The molecule has 2 rings (SSSR count). The number of likely N-dealkylation sites (N-methyl/N-ethyl adjacent to an activating group) is 1. The van der Waals surface area contributed by atoms with Crippen LogP contribution < -0.4 is 0 Å². The van der Waals surface area contributed by atoms with E-state index in [1.807, 2.05) is 61.5 Å². The third-order valence-electron chi connectivity index (χ3n) is 7.56. The summed E-state index contributed by atoms with van der Waals surface area (Å²) >= 11 is 2.26. The number of nitrogens with zero attached hydrogens (tertiary/aromatic N) is 1. The van der Waals surface area contributed by atoms with Gasteiger partial charge in [-0.3, -0.25) is 4.79 Å². The zero-order chi connectivity index (χ0) is 28.6. The summed E-state index contributed by atoms with van der Waals surface area (Å²) in [5.41, 5.74) is 1.12. The normalized spacial score (nSPS) is 14.3. The van der Waals surface area contributed by atoms with E-state index in [1.165, 1.54) is 7.11 Å². The van der Waals surface area contributed by atoms with Crippen LogP contribution in [0.1, 0.15) is 58.1 Å². The van der Waals surface area contributed by atoms with Crippen molar-refractivity contribution in [3.05, 3.63) is 69.3 Å². The zero-order valence-electron chi connectivity index (χ0n) is 24.2. The highest BCUT2D eigenvalue weighted by atomic mass is 127. The van der Waals surface area contributed by atoms with Crippen molar-refractivity contribution < 1.29 is 23.5 Å². The van der Waals surface area contributed by atoms with Crippen LogP contribution >= 0.6 is 22.6 Å². The van der Waals surface area contributed by atoms with Crippen LogP contribution in [0.25, 0.3) is 0 Å². The van der Waals surface area contributed by atoms with Gasteiger partial charge in [-0.05, 0) is 90.2 Å². The topological polar surface area (TPSA) is 65.1 Å². The molecule has 38 heavy (non-hydrogen) atoms. The van der Waals surface area contributed by atoms with E-state index in [1.54, 1.807) is 11.9 Å². The van der Waals surface area contributed by atoms with Crippen LogP contribution in [0.3, 0.4) is 0 Å². The number of hydrogen-bond donors (Lipinski definition) is 0. The lowest BCUT2D eigenvalue weighted by Crippen LogP contribution is -2.47. The van der Waals surface area contributed by atoms with Crippen molar-refractivity contribution >= 4 is 43.0 Å². The van der Waals surface area contributed by atoms with Crippen molar-refractivity contribution in [2.45, 2.75) is 83.2 Å². The molecule has 0 aliphatic carbocycles. The molecule has 0 aromatic heterocycles. The highest BCUT2D eigenvalue weighted by Gasteiger charge is 2.40. The largest absolute Gasteiger partial charge is 0.468 e. The fourth-order valence-electron chi connectivity index (χ4n) is 4.09. The maximum atomic E-state index is 12.9. The third-order valence-corrected chi connectivity index (χ3v) is 12.8. The standard InChI is InChI=1S/C30H44INO5Si/c1-29(2,3)38(7,8)37-26(21-32(5)28(34)36-22-23-14-10-9-11-15-23)18-13-19-30(4,27(33)35-6)24-16-12-17-25(31)20-24/h9-12,14-17,20,26H,13,18-19,21-22H2,1-8H3. The molecule has 2 aromatic carbocycles. The molecule has 0 heterocycles. The summed E-state index contributed by atoms with van der Waals surface area (Å²) in [5, 5.41) is 0.0267. The molecule has 0 saturated carbocycles. The Morgan fingerprint density at radius 3 is 2.26 bits per heavy atom. The fraction of sp³-hybridized carbons (Fsp3) is 0.533. The van der Waals surface area contributed by atoms with Crippen LogP contribution in [0.5, 0.6) is 0 Å². The van der Waals surface area contributed by atoms with Crippen molar-refractivity contribution in [2.75, 3.05) is 20.7 Å². The van der Waals surface area contributed by atoms with Gasteiger partial charge in [-0.15, -0.1) is 0 Å². The molecule has 0 bridgehead atoms. The summed E-state index contributed by atoms with van der Waals surface area (Å²) in [7, 11) is 1.08. The van der Waals surface area contributed by atoms with Gasteiger partial charge < -0.3 is 18.8 Å². The predicted octanol–water partition coefficient (Wildman–Crippen LogP) is 7.55. The summed E-state index contributed by atoms with van der Waals surface area (Å²) in [5.74, 6) is -0.247. The van der Waals surface area contributed by atoms with Crippen molar-refractivity contribution in [3.63, 3.8) is 0 Å². The molecule has 0 N–H and O–H groups in total. The Kier molecular flexibility index (Phi) is 11.8. The second-order valence-electron chi connectivity index (χ2n) is 11.6. The molecule has 210 valence electrons. The Balaban J connectivity index is 2.14. The maximum Gasteiger partial charge on any atom is 0.409 e. The number of amides is 1. The Morgan fingerprint density at radius 2 is 1.68 bits per heavy atom. The Hall–Kier alpha value is -1.91. The van der Waals surface area contributed by atoms with Crippen molar-refractivity contribution in [2.24, 2.45) is 0 Å². The minimum absolute atomic E-state index is 0.0267. The number of rotatable bonds is 12. The van der Waals surface area contributed by atoms with Crippen molar-refractivity contribution in [3.8, 4) is 0 Å². The molecule has 0 saturated heterocycles. The molecule has 6 nitrogen and oxygen atoms in total. The second kappa shape index (κ2) is 13.9. The van der Waals surface area contributed by atoms with Gasteiger partial charge in [-0.1, -0.05) is 63.2 Å². The van der Waals surface area contributed by atoms with Gasteiger partial charge >= 0.3 is 12.1 Å². The molecule has 0 fully saturated rings. The van der Waals surface area contributed by atoms with Gasteiger partial charge in [0.15, 0.2) is 8.32 Å². The lowest BCUT2D eigenvalue weighted by atomic mass is 9.78. The molecular formula is C30H44INO5Si. The van der Waals surface area contributed by atoms with E-state index >= 15 is 0 Å². The second-order valence-corrected chi connectivity index (χ2v) is 17.6. The quantitative estimate of drug-likeness (QED) is 0.135. The molecule has 2 unspecified atom stereocenters. The van der Waals surface area contributed by atoms with Crippen LogP contribution in [0.2, 0.25) is 18.1 Å². The van der Waals surface area contributed by atoms with Crippen molar-refractivity contribution in [1.29, 1.82) is 0 Å². The number of esters is 1. The molecule has 0 aliphatic rings. The molecule has 2 aromatic rings. The first kappa shape index (κ1) is 32.3. The van der Waals surface area contributed by atoms with Gasteiger partial charge in [0.25, 0.3) is 0 Å². The van der Waals surface area contributed by atoms with Crippen LogP contribution in [-0.2, 0) is 30.7 Å². The number of halogens is 1. The van der Waals surface area contributed by atoms with Gasteiger partial charge in [0.1, 0.15) is 6.61 Å². The van der Waals surface area contributed by atoms with E-state index in [-0.39, 0.29) is 29.8 Å². The van der Waals surface area contributed by atoms with Crippen molar-refractivity contribution in [1.82, 2.24) is 4.90 Å². The van der Waals surface area contributed by atoms with Crippen LogP contribution in [-0.4, -0.2) is 52.1 Å². The van der Waals surface area contributed by atoms with Crippen LogP contribution in [0.4, 0.5) is 4.79 Å². The van der Waals surface area contributed by atoms with E-state index in [2.05, 4.69) is 56.5 Å². The summed E-state index contributed by atoms with van der Waals surface area (Å²) in [4.78, 5) is 27.3. The minimum atomic E-state index is -2.11. The zero-order valence-corrected chi connectivity index (χ0v) is 27.3. The number of methoxy groups -OCH3 is 1. The summed E-state index contributed by atoms with van der Waals surface area (Å²) in [6, 6.07) is 17.7. The average Bonchev–Trinajstić information content (AvgIpc) is 2.86. The molecule has 1 amide bonds. The van der Waals surface area contributed by atoms with Crippen LogP contribution in [0.15, 0.2) is 54.6 Å². The lowest BCUT2D eigenvalue weighted by molar-refractivity contribution is -0.147. The summed E-state index contributed by atoms with van der Waals surface area (Å²) in [6.07, 6.45) is 1.50. The molecule has 0 aliphatic heterocycles. The fourth-order valence-corrected chi connectivity index (χ4v) is 6.02. The molecule has 2 atom stereocenters. The molecule has 8 heteroatoms. The summed E-state index contributed by atoms with van der Waals surface area (Å²) in [6.45, 7) is 13.7. The molecule has 0 spiro atoms. The van der Waals surface area contributed by atoms with Gasteiger partial charge in [-0.25, -0.2) is 4.79 Å². The Labute approximate surface area is 243 Å². The molecular weight excluding hydrogens is 609 g/mol. The Morgan fingerprint density at radius 1 is 1.03 bits per heavy atom. The van der Waals surface area contributed by atoms with Crippen LogP contribution in [0, 0.1) is 3.57 Å². The number of carbonyl (C=O) groups is 2. The third kappa shape index (κ3) is 9.09. The number of benzene rings is 2. The minimum Gasteiger partial charge on any atom is -0.468 e. The SMILES string of the molecule is COC(=O)C(C)(CCCC(CN(C)C(=O)OCc1ccccc1)O[Si](C)(C)C(C)(C)C)c1cccc(I)c1. The first-order valence-electron chi connectivity index (χ1n) is 13.1. The van der Waals surface area contributed by atoms with E-state index in [9.17, 15) is 9.59 Å². The number of ether oxygens (including phenoxy) is 2. The maximum absolute atomic E-state index is 12.9. The first-order valence-corrected chi connectivity index (χ1v) is 17.1. The Bertz CT molecular complexity index is 1060. The highest BCUT2D eigenvalue weighted by molar-refractivity contribution is 14.1. The average molecular weight is 654 g/mol. The van der Waals surface area contributed by atoms with Gasteiger partial charge in [0, 0.05) is 17.2 Å². The lowest BCUT2D eigenvalue weighted by Gasteiger charge is -2.40. The van der Waals surface area contributed by atoms with Gasteiger partial charge in [0.2, 0.25) is 0 Å².